The highest BCUT2D eigenvalue weighted by atomic mass is 16.5. The highest BCUT2D eigenvalue weighted by Crippen LogP contribution is 2.36. The van der Waals surface area contributed by atoms with Crippen LogP contribution in [0.5, 0.6) is 0 Å². The van der Waals surface area contributed by atoms with Gasteiger partial charge in [-0.2, -0.15) is 0 Å². The molecule has 1 fully saturated rings. The fourth-order valence-electron chi connectivity index (χ4n) is 2.80. The van der Waals surface area contributed by atoms with E-state index in [4.69, 9.17) is 10.5 Å². The maximum absolute atomic E-state index is 5.90. The van der Waals surface area contributed by atoms with Crippen LogP contribution in [-0.4, -0.2) is 24.2 Å². The Bertz CT molecular complexity index is 629. The summed E-state index contributed by atoms with van der Waals surface area (Å²) >= 11 is 0. The zero-order valence-electron chi connectivity index (χ0n) is 12.1. The number of fused-ring (bicyclic) bond motifs is 1. The summed E-state index contributed by atoms with van der Waals surface area (Å²) in [6, 6.07) is 7.91. The smallest absolute Gasteiger partial charge is 0.0850 e. The van der Waals surface area contributed by atoms with Crippen LogP contribution in [-0.2, 0) is 4.74 Å². The lowest BCUT2D eigenvalue weighted by Crippen LogP contribution is -2.45. The van der Waals surface area contributed by atoms with Gasteiger partial charge in [-0.3, -0.25) is 4.98 Å². The Morgan fingerprint density at radius 3 is 2.80 bits per heavy atom. The summed E-state index contributed by atoms with van der Waals surface area (Å²) in [7, 11) is 1.80. The van der Waals surface area contributed by atoms with Gasteiger partial charge >= 0.3 is 0 Å². The van der Waals surface area contributed by atoms with Crippen LogP contribution in [0, 0.1) is 6.92 Å². The average molecular weight is 271 g/mol. The largest absolute Gasteiger partial charge is 0.399 e. The molecule has 4 heteroatoms. The number of nitrogens with one attached hydrogen (secondary N) is 1. The van der Waals surface area contributed by atoms with Gasteiger partial charge in [0.2, 0.25) is 0 Å². The molecule has 1 aromatic carbocycles. The Kier molecular flexibility index (Phi) is 3.26. The second-order valence-electron chi connectivity index (χ2n) is 5.68. The van der Waals surface area contributed by atoms with Gasteiger partial charge in [0.15, 0.2) is 0 Å². The second kappa shape index (κ2) is 4.94. The molecule has 1 heterocycles. The number of nitrogens with zero attached hydrogens (tertiary/aromatic N) is 1. The third-order valence-electron chi connectivity index (χ3n) is 4.26. The minimum absolute atomic E-state index is 0.00379. The molecule has 0 unspecified atom stereocenters. The lowest BCUT2D eigenvalue weighted by molar-refractivity contribution is -0.0601. The van der Waals surface area contributed by atoms with Crippen molar-refractivity contribution in [2.75, 3.05) is 24.7 Å². The zero-order valence-corrected chi connectivity index (χ0v) is 12.1. The number of hydrogen-bond acceptors (Lipinski definition) is 4. The van der Waals surface area contributed by atoms with E-state index in [1.807, 2.05) is 25.1 Å². The van der Waals surface area contributed by atoms with Crippen LogP contribution in [0.2, 0.25) is 0 Å². The maximum atomic E-state index is 5.90. The molecule has 0 spiro atoms. The van der Waals surface area contributed by atoms with Crippen LogP contribution < -0.4 is 11.1 Å². The molecule has 1 saturated carbocycles. The molecule has 1 aliphatic rings. The minimum Gasteiger partial charge on any atom is -0.399 e. The SMILES string of the molecule is COC1(CNc2cc(C)nc3ccc(N)cc23)CCC1. The molecule has 0 atom stereocenters. The van der Waals surface area contributed by atoms with Gasteiger partial charge in [0.05, 0.1) is 11.1 Å². The number of hydrogen-bond donors (Lipinski definition) is 2. The van der Waals surface area contributed by atoms with Gasteiger partial charge < -0.3 is 15.8 Å². The number of nitrogen functional groups attached to an aromatic ring is 1. The molecule has 0 saturated heterocycles. The third-order valence-corrected chi connectivity index (χ3v) is 4.26. The van der Waals surface area contributed by atoms with Crippen molar-refractivity contribution in [3.8, 4) is 0 Å². The van der Waals surface area contributed by atoms with Crippen LogP contribution in [0.4, 0.5) is 11.4 Å². The number of aromatic nitrogens is 1. The van der Waals surface area contributed by atoms with E-state index >= 15 is 0 Å². The van der Waals surface area contributed by atoms with Gasteiger partial charge in [-0.1, -0.05) is 0 Å². The van der Waals surface area contributed by atoms with Crippen molar-refractivity contribution >= 4 is 22.3 Å². The number of anilines is 2. The van der Waals surface area contributed by atoms with Crippen molar-refractivity contribution < 1.29 is 4.74 Å². The highest BCUT2D eigenvalue weighted by Gasteiger charge is 2.36. The quantitative estimate of drug-likeness (QED) is 0.839. The van der Waals surface area contributed by atoms with Crippen LogP contribution in [0.3, 0.4) is 0 Å². The Labute approximate surface area is 119 Å². The predicted octanol–water partition coefficient (Wildman–Crippen LogP) is 3.11. The first-order valence-electron chi connectivity index (χ1n) is 7.08. The molecule has 1 aromatic heterocycles. The lowest BCUT2D eigenvalue weighted by atomic mass is 9.80. The van der Waals surface area contributed by atoms with E-state index in [9.17, 15) is 0 Å². The van der Waals surface area contributed by atoms with Crippen molar-refractivity contribution in [3.05, 3.63) is 30.0 Å². The van der Waals surface area contributed by atoms with Gasteiger partial charge in [0.1, 0.15) is 0 Å². The van der Waals surface area contributed by atoms with E-state index < -0.39 is 0 Å². The molecule has 0 amide bonds. The molecule has 0 bridgehead atoms. The Hall–Kier alpha value is -1.81. The predicted molar refractivity (Wildman–Crippen MR) is 83.0 cm³/mol. The molecule has 0 radical (unpaired) electrons. The molecular weight excluding hydrogens is 250 g/mol. The van der Waals surface area contributed by atoms with Crippen LogP contribution in [0.25, 0.3) is 10.9 Å². The van der Waals surface area contributed by atoms with E-state index in [-0.39, 0.29) is 5.60 Å². The third kappa shape index (κ3) is 2.31. The van der Waals surface area contributed by atoms with E-state index in [0.717, 1.165) is 47.4 Å². The molecule has 0 aliphatic heterocycles. The van der Waals surface area contributed by atoms with Crippen molar-refractivity contribution in [1.82, 2.24) is 4.98 Å². The van der Waals surface area contributed by atoms with Gasteiger partial charge in [0, 0.05) is 36.1 Å². The molecule has 3 rings (SSSR count). The van der Waals surface area contributed by atoms with E-state index in [1.54, 1.807) is 7.11 Å². The minimum atomic E-state index is 0.00379. The summed E-state index contributed by atoms with van der Waals surface area (Å²) in [4.78, 5) is 4.55. The maximum Gasteiger partial charge on any atom is 0.0850 e. The Morgan fingerprint density at radius 2 is 2.15 bits per heavy atom. The number of aryl methyl sites for hydroxylation is 1. The van der Waals surface area contributed by atoms with Gasteiger partial charge in [-0.15, -0.1) is 0 Å². The number of benzene rings is 1. The first-order chi connectivity index (χ1) is 9.62. The molecule has 106 valence electrons. The van der Waals surface area contributed by atoms with E-state index in [2.05, 4.69) is 16.4 Å². The van der Waals surface area contributed by atoms with Gasteiger partial charge in [-0.25, -0.2) is 0 Å². The molecule has 3 N–H and O–H groups in total. The molecule has 2 aromatic rings. The number of rotatable bonds is 4. The van der Waals surface area contributed by atoms with Crippen molar-refractivity contribution in [3.63, 3.8) is 0 Å². The molecule has 1 aliphatic carbocycles. The summed E-state index contributed by atoms with van der Waals surface area (Å²) in [5.41, 5.74) is 9.72. The fraction of sp³-hybridized carbons (Fsp3) is 0.438. The second-order valence-corrected chi connectivity index (χ2v) is 5.68. The molecular formula is C16H21N3O. The van der Waals surface area contributed by atoms with Gasteiger partial charge in [0.25, 0.3) is 0 Å². The van der Waals surface area contributed by atoms with Crippen molar-refractivity contribution in [2.45, 2.75) is 31.8 Å². The summed E-state index contributed by atoms with van der Waals surface area (Å²) in [6.07, 6.45) is 3.50. The number of pyridine rings is 1. The van der Waals surface area contributed by atoms with Gasteiger partial charge in [-0.05, 0) is 50.5 Å². The summed E-state index contributed by atoms with van der Waals surface area (Å²) < 4.78 is 5.66. The monoisotopic (exact) mass is 271 g/mol. The fourth-order valence-corrected chi connectivity index (χ4v) is 2.80. The number of ether oxygens (including phenoxy) is 1. The van der Waals surface area contributed by atoms with E-state index in [0.29, 0.717) is 0 Å². The lowest BCUT2D eigenvalue weighted by Gasteiger charge is -2.40. The van der Waals surface area contributed by atoms with Crippen LogP contribution in [0.15, 0.2) is 24.3 Å². The molecule has 4 nitrogen and oxygen atoms in total. The van der Waals surface area contributed by atoms with E-state index in [1.165, 1.54) is 6.42 Å². The summed E-state index contributed by atoms with van der Waals surface area (Å²) in [5.74, 6) is 0. The number of nitrogens with two attached hydrogens (primary N) is 1. The topological polar surface area (TPSA) is 60.2 Å². The zero-order chi connectivity index (χ0) is 14.2. The van der Waals surface area contributed by atoms with Crippen molar-refractivity contribution in [2.24, 2.45) is 0 Å². The average Bonchev–Trinajstić information content (AvgIpc) is 2.38. The van der Waals surface area contributed by atoms with Crippen molar-refractivity contribution in [1.29, 1.82) is 0 Å². The first-order valence-corrected chi connectivity index (χ1v) is 7.08. The number of methoxy groups -OCH3 is 1. The molecule has 20 heavy (non-hydrogen) atoms. The summed E-state index contributed by atoms with van der Waals surface area (Å²) in [5, 5.41) is 4.60. The standard InChI is InChI=1S/C16H21N3O/c1-11-8-15(18-10-16(20-2)6-3-7-16)13-9-12(17)4-5-14(13)19-11/h4-5,8-9H,3,6-7,10,17H2,1-2H3,(H,18,19). The highest BCUT2D eigenvalue weighted by molar-refractivity contribution is 5.93. The normalized spacial score (nSPS) is 16.9. The first kappa shape index (κ1) is 13.2. The van der Waals surface area contributed by atoms with Crippen LogP contribution in [0.1, 0.15) is 25.0 Å². The Balaban J connectivity index is 1.92. The summed E-state index contributed by atoms with van der Waals surface area (Å²) in [6.45, 7) is 2.84. The van der Waals surface area contributed by atoms with Crippen LogP contribution >= 0.6 is 0 Å². The Morgan fingerprint density at radius 1 is 1.35 bits per heavy atom.